The van der Waals surface area contributed by atoms with Crippen molar-refractivity contribution in [1.29, 1.82) is 0 Å². The lowest BCUT2D eigenvalue weighted by Crippen LogP contribution is -2.34. The van der Waals surface area contributed by atoms with E-state index in [-0.39, 0.29) is 6.03 Å². The highest BCUT2D eigenvalue weighted by atomic mass is 32.2. The molecule has 122 valence electrons. The second-order valence-corrected chi connectivity index (χ2v) is 6.86. The van der Waals surface area contributed by atoms with Gasteiger partial charge in [-0.15, -0.1) is 0 Å². The number of carbonyl (C=O) groups is 1. The number of unbranched alkanes of at least 4 members (excludes halogenated alkanes) is 1. The van der Waals surface area contributed by atoms with Crippen LogP contribution in [-0.4, -0.2) is 48.6 Å². The Morgan fingerprint density at radius 3 is 2.64 bits per heavy atom. The number of anilines is 1. The summed E-state index contributed by atoms with van der Waals surface area (Å²) >= 11 is 2.05. The molecule has 0 bridgehead atoms. The Bertz CT molecular complexity index is 444. The maximum atomic E-state index is 11.7. The number of rotatable bonds is 7. The fourth-order valence-corrected chi connectivity index (χ4v) is 3.40. The number of carbonyl (C=O) groups excluding carboxylic acids is 1. The van der Waals surface area contributed by atoms with E-state index in [9.17, 15) is 4.79 Å². The van der Waals surface area contributed by atoms with Gasteiger partial charge in [0.25, 0.3) is 0 Å². The van der Waals surface area contributed by atoms with E-state index in [2.05, 4.69) is 34.6 Å². The van der Waals surface area contributed by atoms with E-state index in [4.69, 9.17) is 0 Å². The van der Waals surface area contributed by atoms with Crippen LogP contribution in [0.1, 0.15) is 25.3 Å². The van der Waals surface area contributed by atoms with Gasteiger partial charge in [-0.05, 0) is 30.5 Å². The summed E-state index contributed by atoms with van der Waals surface area (Å²) in [7, 11) is 0. The molecule has 0 spiro atoms. The highest BCUT2D eigenvalue weighted by molar-refractivity contribution is 7.99. The molecule has 1 heterocycles. The van der Waals surface area contributed by atoms with Gasteiger partial charge in [-0.1, -0.05) is 25.5 Å². The molecule has 22 heavy (non-hydrogen) atoms. The van der Waals surface area contributed by atoms with Gasteiger partial charge in [0.15, 0.2) is 0 Å². The first-order valence-corrected chi connectivity index (χ1v) is 9.37. The Hall–Kier alpha value is -1.20. The first-order valence-electron chi connectivity index (χ1n) is 8.22. The lowest BCUT2D eigenvalue weighted by molar-refractivity contribution is 0.252. The highest BCUT2D eigenvalue weighted by Crippen LogP contribution is 2.13. The Morgan fingerprint density at radius 2 is 1.95 bits per heavy atom. The number of thioether (sulfide) groups is 1. The largest absolute Gasteiger partial charge is 0.338 e. The van der Waals surface area contributed by atoms with Crippen LogP contribution in [0.2, 0.25) is 0 Å². The van der Waals surface area contributed by atoms with E-state index in [1.807, 2.05) is 23.9 Å². The van der Waals surface area contributed by atoms with E-state index in [0.29, 0.717) is 0 Å². The molecule has 1 aliphatic heterocycles. The Kier molecular flexibility index (Phi) is 7.60. The van der Waals surface area contributed by atoms with Crippen LogP contribution < -0.4 is 10.6 Å². The summed E-state index contributed by atoms with van der Waals surface area (Å²) in [6.07, 6.45) is 3.18. The average Bonchev–Trinajstić information content (AvgIpc) is 2.55. The van der Waals surface area contributed by atoms with Crippen molar-refractivity contribution in [2.75, 3.05) is 43.0 Å². The zero-order chi connectivity index (χ0) is 15.6. The third kappa shape index (κ3) is 6.28. The molecule has 0 saturated carbocycles. The molecule has 1 fully saturated rings. The molecule has 2 rings (SSSR count). The summed E-state index contributed by atoms with van der Waals surface area (Å²) in [5.74, 6) is 2.52. The molecule has 1 aromatic carbocycles. The summed E-state index contributed by atoms with van der Waals surface area (Å²) in [6.45, 7) is 6.39. The molecular weight excluding hydrogens is 294 g/mol. The normalized spacial score (nSPS) is 15.5. The molecule has 0 atom stereocenters. The van der Waals surface area contributed by atoms with Crippen molar-refractivity contribution in [3.8, 4) is 0 Å². The molecule has 0 aliphatic carbocycles. The Balaban J connectivity index is 1.71. The van der Waals surface area contributed by atoms with Crippen LogP contribution in [-0.2, 0) is 6.42 Å². The third-order valence-electron chi connectivity index (χ3n) is 3.85. The molecule has 4 nitrogen and oxygen atoms in total. The molecule has 0 unspecified atom stereocenters. The van der Waals surface area contributed by atoms with Gasteiger partial charge in [0.2, 0.25) is 0 Å². The average molecular weight is 321 g/mol. The van der Waals surface area contributed by atoms with Crippen molar-refractivity contribution in [1.82, 2.24) is 10.2 Å². The van der Waals surface area contributed by atoms with Crippen molar-refractivity contribution in [3.05, 3.63) is 29.8 Å². The van der Waals surface area contributed by atoms with Gasteiger partial charge in [0, 0.05) is 43.4 Å². The van der Waals surface area contributed by atoms with E-state index >= 15 is 0 Å². The monoisotopic (exact) mass is 321 g/mol. The number of hydrogen-bond donors (Lipinski definition) is 2. The van der Waals surface area contributed by atoms with E-state index < -0.39 is 0 Å². The van der Waals surface area contributed by atoms with Crippen molar-refractivity contribution in [3.63, 3.8) is 0 Å². The Labute approximate surface area is 138 Å². The lowest BCUT2D eigenvalue weighted by Gasteiger charge is -2.26. The van der Waals surface area contributed by atoms with Crippen LogP contribution in [0.3, 0.4) is 0 Å². The number of nitrogens with one attached hydrogen (secondary N) is 2. The minimum Gasteiger partial charge on any atom is -0.338 e. The summed E-state index contributed by atoms with van der Waals surface area (Å²) in [4.78, 5) is 14.2. The molecule has 0 aromatic heterocycles. The van der Waals surface area contributed by atoms with Crippen LogP contribution in [0.4, 0.5) is 10.5 Å². The second kappa shape index (κ2) is 9.74. The van der Waals surface area contributed by atoms with Crippen LogP contribution in [0.5, 0.6) is 0 Å². The molecular formula is C17H27N3OS. The second-order valence-electron chi connectivity index (χ2n) is 5.64. The van der Waals surface area contributed by atoms with Crippen molar-refractivity contribution in [2.45, 2.75) is 26.2 Å². The van der Waals surface area contributed by atoms with Crippen LogP contribution >= 0.6 is 11.8 Å². The SMILES string of the molecule is CCCCNC(=O)Nc1ccc(CCN2CCSCC2)cc1. The van der Waals surface area contributed by atoms with Crippen LogP contribution in [0.25, 0.3) is 0 Å². The van der Waals surface area contributed by atoms with Gasteiger partial charge in [-0.2, -0.15) is 11.8 Å². The van der Waals surface area contributed by atoms with Crippen LogP contribution in [0.15, 0.2) is 24.3 Å². The first kappa shape index (κ1) is 17.2. The van der Waals surface area contributed by atoms with Gasteiger partial charge in [-0.3, -0.25) is 0 Å². The highest BCUT2D eigenvalue weighted by Gasteiger charge is 2.09. The molecule has 2 amide bonds. The summed E-state index contributed by atoms with van der Waals surface area (Å²) in [5.41, 5.74) is 2.18. The first-order chi connectivity index (χ1) is 10.8. The summed E-state index contributed by atoms with van der Waals surface area (Å²) in [5, 5.41) is 5.73. The fraction of sp³-hybridized carbons (Fsp3) is 0.588. The smallest absolute Gasteiger partial charge is 0.319 e. The van der Waals surface area contributed by atoms with Crippen molar-refractivity contribution in [2.24, 2.45) is 0 Å². The predicted molar refractivity (Wildman–Crippen MR) is 95.8 cm³/mol. The zero-order valence-corrected chi connectivity index (χ0v) is 14.3. The number of nitrogens with zero attached hydrogens (tertiary/aromatic N) is 1. The predicted octanol–water partition coefficient (Wildman–Crippen LogP) is 3.20. The van der Waals surface area contributed by atoms with E-state index in [1.165, 1.54) is 30.2 Å². The van der Waals surface area contributed by atoms with Crippen molar-refractivity contribution < 1.29 is 4.79 Å². The Morgan fingerprint density at radius 1 is 1.23 bits per heavy atom. The summed E-state index contributed by atoms with van der Waals surface area (Å²) in [6, 6.07) is 8.08. The lowest BCUT2D eigenvalue weighted by atomic mass is 10.1. The molecule has 1 aliphatic rings. The minimum atomic E-state index is -0.119. The summed E-state index contributed by atoms with van der Waals surface area (Å²) < 4.78 is 0. The molecule has 1 saturated heterocycles. The van der Waals surface area contributed by atoms with Gasteiger partial charge >= 0.3 is 6.03 Å². The standard InChI is InChI=1S/C17H27N3OS/c1-2-3-9-18-17(21)19-16-6-4-15(5-7-16)8-10-20-11-13-22-14-12-20/h4-7H,2-3,8-14H2,1H3,(H2,18,19,21). The topological polar surface area (TPSA) is 44.4 Å². The number of amides is 2. The number of hydrogen-bond acceptors (Lipinski definition) is 3. The molecule has 0 radical (unpaired) electrons. The zero-order valence-electron chi connectivity index (χ0n) is 13.4. The molecule has 5 heteroatoms. The quantitative estimate of drug-likeness (QED) is 0.758. The minimum absolute atomic E-state index is 0.119. The number of benzene rings is 1. The van der Waals surface area contributed by atoms with Crippen molar-refractivity contribution >= 4 is 23.5 Å². The van der Waals surface area contributed by atoms with Gasteiger partial charge in [0.1, 0.15) is 0 Å². The molecule has 2 N–H and O–H groups in total. The third-order valence-corrected chi connectivity index (χ3v) is 4.79. The maximum absolute atomic E-state index is 11.7. The van der Waals surface area contributed by atoms with Gasteiger partial charge in [-0.25, -0.2) is 4.79 Å². The van der Waals surface area contributed by atoms with Crippen LogP contribution in [0, 0.1) is 0 Å². The van der Waals surface area contributed by atoms with E-state index in [1.54, 1.807) is 0 Å². The maximum Gasteiger partial charge on any atom is 0.319 e. The van der Waals surface area contributed by atoms with E-state index in [0.717, 1.165) is 38.0 Å². The number of urea groups is 1. The molecule has 1 aromatic rings. The van der Waals surface area contributed by atoms with Gasteiger partial charge < -0.3 is 15.5 Å². The fourth-order valence-electron chi connectivity index (χ4n) is 2.42. The van der Waals surface area contributed by atoms with Gasteiger partial charge in [0.05, 0.1) is 0 Å².